The lowest BCUT2D eigenvalue weighted by atomic mass is 10.1. The summed E-state index contributed by atoms with van der Waals surface area (Å²) in [5.41, 5.74) is 0. The lowest BCUT2D eigenvalue weighted by molar-refractivity contribution is -0.149. The van der Waals surface area contributed by atoms with E-state index in [2.05, 4.69) is 25.1 Å². The third kappa shape index (κ3) is 4.85. The molecule has 0 radical (unpaired) electrons. The third-order valence-corrected chi connectivity index (χ3v) is 4.01. The van der Waals surface area contributed by atoms with Crippen molar-refractivity contribution >= 4 is 17.7 Å². The summed E-state index contributed by atoms with van der Waals surface area (Å²) in [6.07, 6.45) is 4.27. The van der Waals surface area contributed by atoms with E-state index in [1.807, 2.05) is 11.8 Å². The lowest BCUT2D eigenvalue weighted by Crippen LogP contribution is -2.36. The molecule has 0 bridgehead atoms. The topological polar surface area (TPSA) is 49.8 Å². The predicted molar refractivity (Wildman–Crippen MR) is 70.6 cm³/mol. The van der Waals surface area contributed by atoms with E-state index >= 15 is 0 Å². The van der Waals surface area contributed by atoms with Crippen LogP contribution in [0.1, 0.15) is 26.2 Å². The van der Waals surface area contributed by atoms with E-state index < -0.39 is 12.1 Å². The highest BCUT2D eigenvalue weighted by Crippen LogP contribution is 2.21. The molecule has 0 amide bonds. The molecule has 1 saturated heterocycles. The number of carboxylic acids is 1. The molecule has 1 aliphatic heterocycles. The molecule has 0 aromatic carbocycles. The first-order valence-electron chi connectivity index (χ1n) is 6.12. The highest BCUT2D eigenvalue weighted by atomic mass is 32.2. The minimum absolute atomic E-state index is 0.0813. The second-order valence-corrected chi connectivity index (χ2v) is 5.72. The normalized spacial score (nSPS) is 26.4. The van der Waals surface area contributed by atoms with Crippen molar-refractivity contribution in [1.82, 2.24) is 4.90 Å². The number of carboxylic acid groups (broad SMARTS) is 1. The standard InChI is InChI=1S/C12H23NO3S/c1-9(6-7-17-3)13(2)8-10-4-5-11(16-10)12(14)15/h9-11H,4-8H2,1-3H3,(H,14,15). The van der Waals surface area contributed by atoms with Gasteiger partial charge in [0.25, 0.3) is 0 Å². The van der Waals surface area contributed by atoms with E-state index in [0.717, 1.165) is 25.1 Å². The fourth-order valence-corrected chi connectivity index (χ4v) is 2.61. The summed E-state index contributed by atoms with van der Waals surface area (Å²) in [6, 6.07) is 0.523. The average molecular weight is 261 g/mol. The summed E-state index contributed by atoms with van der Waals surface area (Å²) in [5, 5.41) is 8.85. The van der Waals surface area contributed by atoms with Gasteiger partial charge in [0.05, 0.1) is 6.10 Å². The fourth-order valence-electron chi connectivity index (χ4n) is 2.03. The maximum absolute atomic E-state index is 10.8. The zero-order valence-electron chi connectivity index (χ0n) is 10.9. The second kappa shape index (κ2) is 7.24. The summed E-state index contributed by atoms with van der Waals surface area (Å²) in [7, 11) is 2.09. The van der Waals surface area contributed by atoms with Crippen LogP contribution in [-0.4, -0.2) is 59.8 Å². The Morgan fingerprint density at radius 1 is 1.59 bits per heavy atom. The van der Waals surface area contributed by atoms with Crippen molar-refractivity contribution in [2.75, 3.05) is 25.6 Å². The summed E-state index contributed by atoms with van der Waals surface area (Å²) in [5.74, 6) is 0.333. The first kappa shape index (κ1) is 14.8. The van der Waals surface area contributed by atoms with Crippen LogP contribution in [-0.2, 0) is 9.53 Å². The fraction of sp³-hybridized carbons (Fsp3) is 0.917. The Morgan fingerprint density at radius 2 is 2.29 bits per heavy atom. The number of carbonyl (C=O) groups is 1. The van der Waals surface area contributed by atoms with Crippen LogP contribution in [0.15, 0.2) is 0 Å². The first-order valence-corrected chi connectivity index (χ1v) is 7.51. The summed E-state index contributed by atoms with van der Waals surface area (Å²) in [6.45, 7) is 3.04. The van der Waals surface area contributed by atoms with Gasteiger partial charge in [0.1, 0.15) is 0 Å². The van der Waals surface area contributed by atoms with Crippen LogP contribution in [0.2, 0.25) is 0 Å². The molecule has 1 fully saturated rings. The number of nitrogens with zero attached hydrogens (tertiary/aromatic N) is 1. The Bertz CT molecular complexity index is 250. The molecule has 0 aromatic heterocycles. The van der Waals surface area contributed by atoms with Gasteiger partial charge in [-0.2, -0.15) is 11.8 Å². The minimum Gasteiger partial charge on any atom is -0.479 e. The van der Waals surface area contributed by atoms with E-state index in [-0.39, 0.29) is 6.10 Å². The molecular weight excluding hydrogens is 238 g/mol. The van der Waals surface area contributed by atoms with Gasteiger partial charge in [-0.1, -0.05) is 0 Å². The minimum atomic E-state index is -0.828. The van der Waals surface area contributed by atoms with Gasteiger partial charge in [-0.15, -0.1) is 0 Å². The molecule has 17 heavy (non-hydrogen) atoms. The molecule has 0 aliphatic carbocycles. The van der Waals surface area contributed by atoms with Crippen LogP contribution in [0, 0.1) is 0 Å². The Morgan fingerprint density at radius 3 is 2.82 bits per heavy atom. The van der Waals surface area contributed by atoms with Crippen LogP contribution >= 0.6 is 11.8 Å². The summed E-state index contributed by atoms with van der Waals surface area (Å²) >= 11 is 1.86. The Labute approximate surface area is 108 Å². The molecule has 3 atom stereocenters. The Balaban J connectivity index is 2.27. The van der Waals surface area contributed by atoms with Crippen molar-refractivity contribution in [2.24, 2.45) is 0 Å². The maximum atomic E-state index is 10.8. The first-order chi connectivity index (χ1) is 8.04. The molecule has 1 N–H and O–H groups in total. The van der Waals surface area contributed by atoms with Crippen molar-refractivity contribution in [2.45, 2.75) is 44.4 Å². The van der Waals surface area contributed by atoms with E-state index in [1.54, 1.807) is 0 Å². The van der Waals surface area contributed by atoms with E-state index in [0.29, 0.717) is 12.5 Å². The molecule has 0 aromatic rings. The van der Waals surface area contributed by atoms with Crippen molar-refractivity contribution in [3.8, 4) is 0 Å². The van der Waals surface area contributed by atoms with Gasteiger partial charge in [0, 0.05) is 12.6 Å². The SMILES string of the molecule is CSCCC(C)N(C)CC1CCC(C(=O)O)O1. The molecule has 1 aliphatic rings. The number of thioether (sulfide) groups is 1. The van der Waals surface area contributed by atoms with Crippen LogP contribution in [0.3, 0.4) is 0 Å². The molecular formula is C12H23NO3S. The monoisotopic (exact) mass is 261 g/mol. The molecule has 5 heteroatoms. The van der Waals surface area contributed by atoms with E-state index in [4.69, 9.17) is 9.84 Å². The van der Waals surface area contributed by atoms with Crippen LogP contribution in [0.4, 0.5) is 0 Å². The van der Waals surface area contributed by atoms with Gasteiger partial charge in [-0.3, -0.25) is 0 Å². The molecule has 1 rings (SSSR count). The molecule has 3 unspecified atom stereocenters. The predicted octanol–water partition coefficient (Wildman–Crippen LogP) is 1.69. The maximum Gasteiger partial charge on any atom is 0.332 e. The van der Waals surface area contributed by atoms with Crippen molar-refractivity contribution < 1.29 is 14.6 Å². The highest BCUT2D eigenvalue weighted by Gasteiger charge is 2.31. The van der Waals surface area contributed by atoms with E-state index in [9.17, 15) is 4.79 Å². The number of hydrogen-bond acceptors (Lipinski definition) is 4. The number of likely N-dealkylation sites (N-methyl/N-ethyl adjacent to an activating group) is 1. The van der Waals surface area contributed by atoms with Crippen molar-refractivity contribution in [1.29, 1.82) is 0 Å². The van der Waals surface area contributed by atoms with Crippen LogP contribution in [0.5, 0.6) is 0 Å². The third-order valence-electron chi connectivity index (χ3n) is 3.37. The molecule has 100 valence electrons. The summed E-state index contributed by atoms with van der Waals surface area (Å²) < 4.78 is 5.50. The number of ether oxygens (including phenoxy) is 1. The smallest absolute Gasteiger partial charge is 0.332 e. The molecule has 0 spiro atoms. The quantitative estimate of drug-likeness (QED) is 0.756. The highest BCUT2D eigenvalue weighted by molar-refractivity contribution is 7.98. The van der Waals surface area contributed by atoms with E-state index in [1.165, 1.54) is 0 Å². The zero-order chi connectivity index (χ0) is 12.8. The average Bonchev–Trinajstić information content (AvgIpc) is 2.74. The number of hydrogen-bond donors (Lipinski definition) is 1. The Kier molecular flexibility index (Phi) is 6.30. The largest absolute Gasteiger partial charge is 0.479 e. The van der Waals surface area contributed by atoms with Gasteiger partial charge in [-0.25, -0.2) is 4.79 Å². The zero-order valence-corrected chi connectivity index (χ0v) is 11.7. The van der Waals surface area contributed by atoms with Gasteiger partial charge in [0.2, 0.25) is 0 Å². The molecule has 0 saturated carbocycles. The number of aliphatic carboxylic acids is 1. The van der Waals surface area contributed by atoms with Crippen LogP contribution < -0.4 is 0 Å². The van der Waals surface area contributed by atoms with Gasteiger partial charge >= 0.3 is 5.97 Å². The lowest BCUT2D eigenvalue weighted by Gasteiger charge is -2.27. The summed E-state index contributed by atoms with van der Waals surface area (Å²) in [4.78, 5) is 13.0. The Hall–Kier alpha value is -0.260. The van der Waals surface area contributed by atoms with Crippen molar-refractivity contribution in [3.05, 3.63) is 0 Å². The molecule has 1 heterocycles. The molecule has 4 nitrogen and oxygen atoms in total. The van der Waals surface area contributed by atoms with Crippen LogP contribution in [0.25, 0.3) is 0 Å². The second-order valence-electron chi connectivity index (χ2n) is 4.73. The van der Waals surface area contributed by atoms with Gasteiger partial charge in [-0.05, 0) is 45.2 Å². The number of rotatable bonds is 7. The van der Waals surface area contributed by atoms with Gasteiger partial charge in [0.15, 0.2) is 6.10 Å². The van der Waals surface area contributed by atoms with Gasteiger partial charge < -0.3 is 14.7 Å². The van der Waals surface area contributed by atoms with Crippen molar-refractivity contribution in [3.63, 3.8) is 0 Å².